The maximum atomic E-state index is 12.3. The molecule has 3 aromatic rings. The second-order valence-corrected chi connectivity index (χ2v) is 8.38. The van der Waals surface area contributed by atoms with Crippen molar-refractivity contribution in [3.8, 4) is 11.4 Å². The first kappa shape index (κ1) is 23.4. The lowest BCUT2D eigenvalue weighted by molar-refractivity contribution is -0.121. The van der Waals surface area contributed by atoms with E-state index in [0.29, 0.717) is 36.3 Å². The number of thioether (sulfide) groups is 1. The predicted octanol–water partition coefficient (Wildman–Crippen LogP) is 1.81. The number of rotatable bonds is 10. The largest absolute Gasteiger partial charge is 0.494 e. The van der Waals surface area contributed by atoms with E-state index in [9.17, 15) is 14.4 Å². The molecular weight excluding hydrogens is 460 g/mol. The molecule has 0 saturated carbocycles. The topological polar surface area (TPSA) is 140 Å². The number of hydrogen-bond donors (Lipinski definition) is 3. The van der Waals surface area contributed by atoms with Crippen molar-refractivity contribution in [2.75, 3.05) is 12.4 Å². The van der Waals surface area contributed by atoms with Gasteiger partial charge in [-0.25, -0.2) is 4.79 Å². The molecule has 0 spiro atoms. The minimum absolute atomic E-state index is 0.123. The zero-order chi connectivity index (χ0) is 23.9. The van der Waals surface area contributed by atoms with Gasteiger partial charge in [-0.05, 0) is 43.3 Å². The van der Waals surface area contributed by atoms with Crippen LogP contribution in [0.15, 0.2) is 52.2 Å². The molecule has 2 aromatic heterocycles. The number of amides is 4. The van der Waals surface area contributed by atoms with Crippen molar-refractivity contribution < 1.29 is 23.5 Å². The number of carbonyl (C=O) groups excluding carboxylic acids is 3. The molecule has 0 bridgehead atoms. The molecule has 12 heteroatoms. The number of imide groups is 1. The van der Waals surface area contributed by atoms with E-state index in [0.717, 1.165) is 11.4 Å². The molecule has 178 valence electrons. The van der Waals surface area contributed by atoms with Gasteiger partial charge in [0.15, 0.2) is 5.16 Å². The number of hydrogen-bond acceptors (Lipinski definition) is 8. The Balaban J connectivity index is 1.51. The second kappa shape index (κ2) is 10.9. The van der Waals surface area contributed by atoms with Gasteiger partial charge in [-0.3, -0.25) is 19.5 Å². The third-order valence-corrected chi connectivity index (χ3v) is 5.86. The highest BCUT2D eigenvalue weighted by molar-refractivity contribution is 7.99. The zero-order valence-electron chi connectivity index (χ0n) is 18.4. The molecule has 34 heavy (non-hydrogen) atoms. The molecule has 1 aliphatic rings. The molecular formula is C22H24N6O5S. The highest BCUT2D eigenvalue weighted by Gasteiger charge is 2.27. The highest BCUT2D eigenvalue weighted by atomic mass is 32.2. The first-order valence-electron chi connectivity index (χ1n) is 10.7. The average molecular weight is 485 g/mol. The normalized spacial score (nSPS) is 15.5. The van der Waals surface area contributed by atoms with Crippen LogP contribution >= 0.6 is 11.8 Å². The molecule has 1 fully saturated rings. The summed E-state index contributed by atoms with van der Waals surface area (Å²) in [5.41, 5.74) is 0.772. The Morgan fingerprint density at radius 2 is 2.09 bits per heavy atom. The molecule has 1 unspecified atom stereocenters. The Kier molecular flexibility index (Phi) is 7.48. The number of aromatic nitrogens is 3. The molecule has 4 rings (SSSR count). The first-order valence-corrected chi connectivity index (χ1v) is 11.7. The van der Waals surface area contributed by atoms with E-state index in [-0.39, 0.29) is 24.0 Å². The van der Waals surface area contributed by atoms with E-state index in [1.54, 1.807) is 18.4 Å². The highest BCUT2D eigenvalue weighted by Crippen LogP contribution is 2.25. The van der Waals surface area contributed by atoms with Crippen LogP contribution in [0.2, 0.25) is 0 Å². The van der Waals surface area contributed by atoms with Gasteiger partial charge >= 0.3 is 6.03 Å². The Labute approximate surface area is 199 Å². The van der Waals surface area contributed by atoms with E-state index >= 15 is 0 Å². The molecule has 1 saturated heterocycles. The van der Waals surface area contributed by atoms with Crippen molar-refractivity contribution in [2.24, 2.45) is 0 Å². The lowest BCUT2D eigenvalue weighted by Gasteiger charge is -2.23. The number of benzene rings is 1. The van der Waals surface area contributed by atoms with Crippen LogP contribution < -0.4 is 20.7 Å². The summed E-state index contributed by atoms with van der Waals surface area (Å²) in [5.74, 6) is 1.55. The van der Waals surface area contributed by atoms with Crippen molar-refractivity contribution >= 4 is 29.6 Å². The summed E-state index contributed by atoms with van der Waals surface area (Å²) >= 11 is 1.23. The third kappa shape index (κ3) is 5.95. The van der Waals surface area contributed by atoms with Crippen molar-refractivity contribution in [2.45, 2.75) is 37.5 Å². The number of nitrogens with one attached hydrogen (secondary N) is 3. The summed E-state index contributed by atoms with van der Waals surface area (Å²) in [5, 5.41) is 16.8. The van der Waals surface area contributed by atoms with Gasteiger partial charge in [0, 0.05) is 24.6 Å². The number of ether oxygens (including phenoxy) is 1. The molecule has 1 aromatic carbocycles. The van der Waals surface area contributed by atoms with Gasteiger partial charge in [-0.15, -0.1) is 10.2 Å². The quantitative estimate of drug-likeness (QED) is 0.370. The summed E-state index contributed by atoms with van der Waals surface area (Å²) in [7, 11) is 0. The molecule has 1 atom stereocenters. The maximum Gasteiger partial charge on any atom is 0.321 e. The monoisotopic (exact) mass is 484 g/mol. The third-order valence-electron chi connectivity index (χ3n) is 4.93. The zero-order valence-corrected chi connectivity index (χ0v) is 19.3. The van der Waals surface area contributed by atoms with E-state index in [1.807, 2.05) is 35.8 Å². The molecule has 0 aliphatic carbocycles. The molecule has 3 N–H and O–H groups in total. The van der Waals surface area contributed by atoms with Crippen LogP contribution in [-0.2, 0) is 22.6 Å². The number of urea groups is 1. The SMILES string of the molecule is CCOc1ccc(-n2c(CC3CC(=O)NC(=O)N3)nnc2SCC(=O)NCc2ccco2)cc1. The molecule has 4 amide bonds. The minimum Gasteiger partial charge on any atom is -0.494 e. The van der Waals surface area contributed by atoms with Gasteiger partial charge in [0.2, 0.25) is 11.8 Å². The molecule has 3 heterocycles. The number of carbonyl (C=O) groups is 3. The van der Waals surface area contributed by atoms with Gasteiger partial charge in [0.25, 0.3) is 0 Å². The van der Waals surface area contributed by atoms with E-state index in [1.165, 1.54) is 11.8 Å². The fraction of sp³-hybridized carbons (Fsp3) is 0.318. The second-order valence-electron chi connectivity index (χ2n) is 7.43. The number of furan rings is 1. The fourth-order valence-corrected chi connectivity index (χ4v) is 4.24. The van der Waals surface area contributed by atoms with E-state index < -0.39 is 12.1 Å². The van der Waals surface area contributed by atoms with Crippen LogP contribution in [0.25, 0.3) is 5.69 Å². The smallest absolute Gasteiger partial charge is 0.321 e. The number of nitrogens with zero attached hydrogens (tertiary/aromatic N) is 3. The Morgan fingerprint density at radius 3 is 2.79 bits per heavy atom. The van der Waals surface area contributed by atoms with Gasteiger partial charge in [0.1, 0.15) is 17.3 Å². The van der Waals surface area contributed by atoms with Crippen LogP contribution in [0.4, 0.5) is 4.79 Å². The summed E-state index contributed by atoms with van der Waals surface area (Å²) in [6, 6.07) is 10.0. The Hall–Kier alpha value is -3.80. The van der Waals surface area contributed by atoms with Gasteiger partial charge in [-0.2, -0.15) is 0 Å². The molecule has 1 aliphatic heterocycles. The van der Waals surface area contributed by atoms with Gasteiger partial charge in [0.05, 0.1) is 25.2 Å². The molecule has 11 nitrogen and oxygen atoms in total. The van der Waals surface area contributed by atoms with Crippen LogP contribution in [0.1, 0.15) is 24.9 Å². The first-order chi connectivity index (χ1) is 16.5. The van der Waals surface area contributed by atoms with Gasteiger partial charge in [-0.1, -0.05) is 11.8 Å². The van der Waals surface area contributed by atoms with Crippen molar-refractivity contribution in [1.29, 1.82) is 0 Å². The van der Waals surface area contributed by atoms with E-state index in [2.05, 4.69) is 26.1 Å². The van der Waals surface area contributed by atoms with Crippen LogP contribution in [0, 0.1) is 0 Å². The predicted molar refractivity (Wildman–Crippen MR) is 123 cm³/mol. The van der Waals surface area contributed by atoms with Crippen molar-refractivity contribution in [3.63, 3.8) is 0 Å². The summed E-state index contributed by atoms with van der Waals surface area (Å²) < 4.78 is 12.6. The molecule has 0 radical (unpaired) electrons. The Bertz CT molecular complexity index is 1130. The lowest BCUT2D eigenvalue weighted by atomic mass is 10.1. The van der Waals surface area contributed by atoms with Crippen LogP contribution in [0.3, 0.4) is 0 Å². The van der Waals surface area contributed by atoms with Crippen LogP contribution in [0.5, 0.6) is 5.75 Å². The van der Waals surface area contributed by atoms with Gasteiger partial charge < -0.3 is 19.8 Å². The average Bonchev–Trinajstić information content (AvgIpc) is 3.46. The standard InChI is InChI=1S/C22H24N6O5S/c1-2-32-16-7-5-15(6-8-16)28-18(10-14-11-19(29)25-21(31)24-14)26-27-22(28)34-13-20(30)23-12-17-4-3-9-33-17/h3-9,14H,2,10-13H2,1H3,(H,23,30)(H2,24,25,29,31). The summed E-state index contributed by atoms with van der Waals surface area (Å²) in [6.45, 7) is 2.76. The van der Waals surface area contributed by atoms with Crippen molar-refractivity contribution in [1.82, 2.24) is 30.7 Å². The van der Waals surface area contributed by atoms with Crippen molar-refractivity contribution in [3.05, 3.63) is 54.2 Å². The Morgan fingerprint density at radius 1 is 1.26 bits per heavy atom. The van der Waals surface area contributed by atoms with E-state index in [4.69, 9.17) is 9.15 Å². The van der Waals surface area contributed by atoms with Crippen LogP contribution in [-0.4, -0.2) is 51.0 Å². The fourth-order valence-electron chi connectivity index (χ4n) is 3.44. The lowest BCUT2D eigenvalue weighted by Crippen LogP contribution is -2.53. The maximum absolute atomic E-state index is 12.3. The summed E-state index contributed by atoms with van der Waals surface area (Å²) in [6.07, 6.45) is 1.99. The minimum atomic E-state index is -0.531. The summed E-state index contributed by atoms with van der Waals surface area (Å²) in [4.78, 5) is 35.8.